The summed E-state index contributed by atoms with van der Waals surface area (Å²) in [6.45, 7) is 8.58. The molecule has 90 valence electrons. The highest BCUT2D eigenvalue weighted by molar-refractivity contribution is 7.16. The number of rotatable bonds is 6. The van der Waals surface area contributed by atoms with Crippen LogP contribution in [0.1, 0.15) is 32.2 Å². The predicted molar refractivity (Wildman–Crippen MR) is 73.1 cm³/mol. The normalized spacial score (nSPS) is 12.4. The summed E-state index contributed by atoms with van der Waals surface area (Å²) in [4.78, 5) is 4.23. The Morgan fingerprint density at radius 1 is 1.62 bits per heavy atom. The van der Waals surface area contributed by atoms with Crippen LogP contribution in [-0.4, -0.2) is 18.1 Å². The third kappa shape index (κ3) is 5.10. The van der Waals surface area contributed by atoms with E-state index in [-0.39, 0.29) is 0 Å². The minimum atomic E-state index is 0.687. The Kier molecular flexibility index (Phi) is 6.03. The second-order valence-corrected chi connectivity index (χ2v) is 5.88. The number of nitrogens with zero attached hydrogens (tertiary/aromatic N) is 1. The molecule has 0 amide bonds. The van der Waals surface area contributed by atoms with E-state index in [2.05, 4.69) is 37.1 Å². The largest absolute Gasteiger partial charge is 0.313 e. The Hall–Kier alpha value is -0.380. The summed E-state index contributed by atoms with van der Waals surface area (Å²) in [5.41, 5.74) is 1.37. The van der Waals surface area contributed by atoms with Crippen molar-refractivity contribution in [3.8, 4) is 0 Å². The van der Waals surface area contributed by atoms with Gasteiger partial charge in [-0.1, -0.05) is 37.9 Å². The average molecular weight is 259 g/mol. The van der Waals surface area contributed by atoms with Crippen molar-refractivity contribution in [1.82, 2.24) is 10.3 Å². The van der Waals surface area contributed by atoms with Crippen LogP contribution in [0.25, 0.3) is 6.08 Å². The summed E-state index contributed by atoms with van der Waals surface area (Å²) in [5, 5.41) is 4.43. The molecule has 1 aromatic rings. The fourth-order valence-electron chi connectivity index (χ4n) is 1.31. The molecule has 1 rings (SSSR count). The average Bonchev–Trinajstić information content (AvgIpc) is 2.62. The van der Waals surface area contributed by atoms with Crippen LogP contribution in [0.5, 0.6) is 0 Å². The molecule has 1 N–H and O–H groups in total. The van der Waals surface area contributed by atoms with E-state index in [0.29, 0.717) is 5.92 Å². The second-order valence-electron chi connectivity index (χ2n) is 4.18. The van der Waals surface area contributed by atoms with Gasteiger partial charge in [-0.25, -0.2) is 4.98 Å². The van der Waals surface area contributed by atoms with E-state index >= 15 is 0 Å². The lowest BCUT2D eigenvalue weighted by Gasteiger charge is -2.08. The zero-order chi connectivity index (χ0) is 12.0. The van der Waals surface area contributed by atoms with Crippen molar-refractivity contribution in [1.29, 1.82) is 0 Å². The first-order valence-corrected chi connectivity index (χ1v) is 6.82. The van der Waals surface area contributed by atoms with Gasteiger partial charge in [0.15, 0.2) is 0 Å². The maximum Gasteiger partial charge on any atom is 0.117 e. The first-order chi connectivity index (χ1) is 7.61. The molecule has 1 heterocycles. The van der Waals surface area contributed by atoms with Crippen molar-refractivity contribution in [2.24, 2.45) is 5.92 Å². The summed E-state index contributed by atoms with van der Waals surface area (Å²) in [6.07, 6.45) is 4.87. The first-order valence-electron chi connectivity index (χ1n) is 5.63. The molecule has 0 bridgehead atoms. The Balaban J connectivity index is 2.50. The van der Waals surface area contributed by atoms with Crippen molar-refractivity contribution in [3.05, 3.63) is 21.1 Å². The third-order valence-electron chi connectivity index (χ3n) is 2.18. The molecule has 0 aliphatic rings. The lowest BCUT2D eigenvalue weighted by molar-refractivity contribution is 0.569. The maximum atomic E-state index is 5.84. The van der Waals surface area contributed by atoms with E-state index in [9.17, 15) is 0 Å². The van der Waals surface area contributed by atoms with Gasteiger partial charge in [0.25, 0.3) is 0 Å². The van der Waals surface area contributed by atoms with Gasteiger partial charge in [-0.3, -0.25) is 0 Å². The molecule has 16 heavy (non-hydrogen) atoms. The summed E-state index contributed by atoms with van der Waals surface area (Å²) in [7, 11) is 0. The topological polar surface area (TPSA) is 24.9 Å². The molecule has 1 aromatic heterocycles. The molecular weight excluding hydrogens is 240 g/mol. The molecule has 0 atom stereocenters. The molecule has 0 saturated heterocycles. The molecular formula is C12H19ClN2S. The van der Waals surface area contributed by atoms with Crippen LogP contribution < -0.4 is 5.32 Å². The van der Waals surface area contributed by atoms with Gasteiger partial charge in [-0.05, 0) is 25.0 Å². The van der Waals surface area contributed by atoms with Crippen LogP contribution in [0, 0.1) is 5.92 Å². The van der Waals surface area contributed by atoms with Crippen molar-refractivity contribution in [2.75, 3.05) is 13.1 Å². The fraction of sp³-hybridized carbons (Fsp3) is 0.583. The van der Waals surface area contributed by atoms with Crippen molar-refractivity contribution in [2.45, 2.75) is 27.2 Å². The lowest BCUT2D eigenvalue weighted by Crippen LogP contribution is -2.21. The Bertz CT molecular complexity index is 345. The van der Waals surface area contributed by atoms with Crippen molar-refractivity contribution < 1.29 is 0 Å². The molecule has 4 heteroatoms. The van der Waals surface area contributed by atoms with Crippen LogP contribution >= 0.6 is 22.9 Å². The maximum absolute atomic E-state index is 5.84. The number of halogens is 1. The fourth-order valence-corrected chi connectivity index (χ4v) is 2.23. The minimum Gasteiger partial charge on any atom is -0.313 e. The molecule has 0 aromatic carbocycles. The standard InChI is InChI=1S/C12H19ClN2S/c1-4-10(7-14-6-9(2)3)5-12-15-8-11(13)16-12/h5,8-9,14H,4,6-7H2,1-3H3/b10-5-. The monoisotopic (exact) mass is 258 g/mol. The van der Waals surface area contributed by atoms with Crippen LogP contribution in [0.4, 0.5) is 0 Å². The highest BCUT2D eigenvalue weighted by Crippen LogP contribution is 2.20. The van der Waals surface area contributed by atoms with Gasteiger partial charge in [-0.15, -0.1) is 11.3 Å². The minimum absolute atomic E-state index is 0.687. The van der Waals surface area contributed by atoms with Gasteiger partial charge < -0.3 is 5.32 Å². The first kappa shape index (κ1) is 13.7. The lowest BCUT2D eigenvalue weighted by atomic mass is 10.1. The van der Waals surface area contributed by atoms with Gasteiger partial charge in [0, 0.05) is 6.54 Å². The number of nitrogens with one attached hydrogen (secondary N) is 1. The Morgan fingerprint density at radius 3 is 2.88 bits per heavy atom. The highest BCUT2D eigenvalue weighted by Gasteiger charge is 2.00. The summed E-state index contributed by atoms with van der Waals surface area (Å²) >= 11 is 7.37. The van der Waals surface area contributed by atoms with Gasteiger partial charge in [0.2, 0.25) is 0 Å². The second kappa shape index (κ2) is 7.05. The number of hydrogen-bond donors (Lipinski definition) is 1. The third-order valence-corrected chi connectivity index (χ3v) is 3.24. The molecule has 0 aliphatic carbocycles. The number of hydrogen-bond acceptors (Lipinski definition) is 3. The molecule has 2 nitrogen and oxygen atoms in total. The van der Waals surface area contributed by atoms with E-state index < -0.39 is 0 Å². The van der Waals surface area contributed by atoms with Crippen LogP contribution in [0.2, 0.25) is 4.34 Å². The Morgan fingerprint density at radius 2 is 2.38 bits per heavy atom. The van der Waals surface area contributed by atoms with Gasteiger partial charge in [-0.2, -0.15) is 0 Å². The van der Waals surface area contributed by atoms with Crippen LogP contribution in [0.15, 0.2) is 11.8 Å². The molecule has 0 spiro atoms. The summed E-state index contributed by atoms with van der Waals surface area (Å²) < 4.78 is 0.747. The number of aromatic nitrogens is 1. The van der Waals surface area contributed by atoms with Crippen molar-refractivity contribution >= 4 is 29.0 Å². The van der Waals surface area contributed by atoms with Crippen molar-refractivity contribution in [3.63, 3.8) is 0 Å². The molecule has 0 fully saturated rings. The zero-order valence-corrected chi connectivity index (χ0v) is 11.7. The van der Waals surface area contributed by atoms with Crippen LogP contribution in [0.3, 0.4) is 0 Å². The zero-order valence-electron chi connectivity index (χ0n) is 10.1. The predicted octanol–water partition coefficient (Wildman–Crippen LogP) is 3.84. The van der Waals surface area contributed by atoms with E-state index in [1.165, 1.54) is 16.9 Å². The SMILES string of the molecule is CC/C(=C/c1ncc(Cl)s1)CNCC(C)C. The summed E-state index contributed by atoms with van der Waals surface area (Å²) in [6, 6.07) is 0. The molecule has 0 aliphatic heterocycles. The highest BCUT2D eigenvalue weighted by atomic mass is 35.5. The van der Waals surface area contributed by atoms with E-state index in [4.69, 9.17) is 11.6 Å². The summed E-state index contributed by atoms with van der Waals surface area (Å²) in [5.74, 6) is 0.687. The quantitative estimate of drug-likeness (QED) is 0.839. The van der Waals surface area contributed by atoms with Gasteiger partial charge in [0.05, 0.1) is 6.20 Å². The van der Waals surface area contributed by atoms with Crippen LogP contribution in [-0.2, 0) is 0 Å². The number of thiazole rings is 1. The Labute approximate surface area is 107 Å². The smallest absolute Gasteiger partial charge is 0.117 e. The molecule has 0 saturated carbocycles. The van der Waals surface area contributed by atoms with Gasteiger partial charge in [0.1, 0.15) is 9.34 Å². The molecule has 0 radical (unpaired) electrons. The van der Waals surface area contributed by atoms with E-state index in [0.717, 1.165) is 28.9 Å². The van der Waals surface area contributed by atoms with E-state index in [1.807, 2.05) is 0 Å². The van der Waals surface area contributed by atoms with Gasteiger partial charge >= 0.3 is 0 Å². The van der Waals surface area contributed by atoms with E-state index in [1.54, 1.807) is 6.20 Å². The molecule has 0 unspecified atom stereocenters.